The van der Waals surface area contributed by atoms with E-state index in [9.17, 15) is 23.1 Å². The van der Waals surface area contributed by atoms with E-state index in [0.29, 0.717) is 29.3 Å². The second kappa shape index (κ2) is 7.13. The molecule has 7 nitrogen and oxygen atoms in total. The third kappa shape index (κ3) is 3.35. The molecule has 1 fully saturated rings. The minimum atomic E-state index is -4.80. The van der Waals surface area contributed by atoms with Gasteiger partial charge in [-0.1, -0.05) is 12.1 Å². The predicted molar refractivity (Wildman–Crippen MR) is 107 cm³/mol. The third-order valence-electron chi connectivity index (χ3n) is 5.74. The number of aromatic nitrogens is 3. The summed E-state index contributed by atoms with van der Waals surface area (Å²) in [4.78, 5) is 15.1. The lowest BCUT2D eigenvalue weighted by molar-refractivity contribution is -0.258. The first kappa shape index (κ1) is 20.4. The SMILES string of the molecule is CC(O)(c1ccc(Nc2nn([C@H]3CCC[C@@H]3N)c3cc[nH]c(=O)c23)cc1)C(F)(F)F. The molecule has 10 heteroatoms. The van der Waals surface area contributed by atoms with E-state index in [4.69, 9.17) is 5.73 Å². The van der Waals surface area contributed by atoms with Crippen LogP contribution in [0.15, 0.2) is 41.3 Å². The van der Waals surface area contributed by atoms with Crippen molar-refractivity contribution in [1.29, 1.82) is 0 Å². The van der Waals surface area contributed by atoms with Crippen LogP contribution in [0.2, 0.25) is 0 Å². The minimum absolute atomic E-state index is 0.0332. The van der Waals surface area contributed by atoms with Crippen LogP contribution >= 0.6 is 0 Å². The zero-order chi connectivity index (χ0) is 21.7. The van der Waals surface area contributed by atoms with Gasteiger partial charge in [0.2, 0.25) is 0 Å². The summed E-state index contributed by atoms with van der Waals surface area (Å²) >= 11 is 0. The molecule has 0 bridgehead atoms. The highest BCUT2D eigenvalue weighted by molar-refractivity contribution is 5.91. The number of fused-ring (bicyclic) bond motifs is 1. The number of alkyl halides is 3. The molecule has 3 atom stereocenters. The van der Waals surface area contributed by atoms with Crippen LogP contribution in [0.3, 0.4) is 0 Å². The minimum Gasteiger partial charge on any atom is -0.376 e. The van der Waals surface area contributed by atoms with Crippen molar-refractivity contribution in [1.82, 2.24) is 14.8 Å². The van der Waals surface area contributed by atoms with Crippen LogP contribution in [-0.2, 0) is 5.60 Å². The fourth-order valence-electron chi connectivity index (χ4n) is 3.89. The van der Waals surface area contributed by atoms with Crippen LogP contribution in [0.5, 0.6) is 0 Å². The van der Waals surface area contributed by atoms with Gasteiger partial charge in [-0.2, -0.15) is 18.3 Å². The molecule has 5 N–H and O–H groups in total. The molecular formula is C20H22F3N5O2. The maximum absolute atomic E-state index is 13.0. The van der Waals surface area contributed by atoms with Crippen LogP contribution in [-0.4, -0.2) is 32.1 Å². The van der Waals surface area contributed by atoms with Crippen molar-refractivity contribution in [2.24, 2.45) is 5.73 Å². The lowest BCUT2D eigenvalue weighted by atomic mass is 9.95. The van der Waals surface area contributed by atoms with E-state index in [0.717, 1.165) is 19.3 Å². The number of nitrogens with two attached hydrogens (primary N) is 1. The van der Waals surface area contributed by atoms with Gasteiger partial charge >= 0.3 is 6.18 Å². The van der Waals surface area contributed by atoms with Gasteiger partial charge in [-0.15, -0.1) is 0 Å². The van der Waals surface area contributed by atoms with Gasteiger partial charge in [-0.3, -0.25) is 9.48 Å². The van der Waals surface area contributed by atoms with Crippen molar-refractivity contribution in [2.75, 3.05) is 5.32 Å². The van der Waals surface area contributed by atoms with Crippen molar-refractivity contribution in [3.05, 3.63) is 52.4 Å². The first-order chi connectivity index (χ1) is 14.1. The fourth-order valence-corrected chi connectivity index (χ4v) is 3.89. The molecule has 1 unspecified atom stereocenters. The van der Waals surface area contributed by atoms with Gasteiger partial charge < -0.3 is 21.1 Å². The van der Waals surface area contributed by atoms with E-state index in [1.165, 1.54) is 24.3 Å². The summed E-state index contributed by atoms with van der Waals surface area (Å²) in [5.41, 5.74) is 3.71. The van der Waals surface area contributed by atoms with E-state index < -0.39 is 11.8 Å². The second-order valence-corrected chi connectivity index (χ2v) is 7.79. The van der Waals surface area contributed by atoms with Gasteiger partial charge in [0.05, 0.1) is 11.6 Å². The Morgan fingerprint density at radius 2 is 1.93 bits per heavy atom. The topological polar surface area (TPSA) is 109 Å². The van der Waals surface area contributed by atoms with Crippen LogP contribution in [0.1, 0.15) is 37.8 Å². The molecular weight excluding hydrogens is 399 g/mol. The molecule has 1 aliphatic carbocycles. The van der Waals surface area contributed by atoms with Crippen molar-refractivity contribution in [2.45, 2.75) is 50.0 Å². The van der Waals surface area contributed by atoms with Crippen LogP contribution in [0.4, 0.5) is 24.7 Å². The number of halogens is 3. The summed E-state index contributed by atoms with van der Waals surface area (Å²) in [6.45, 7) is 0.703. The molecule has 3 aromatic rings. The third-order valence-corrected chi connectivity index (χ3v) is 5.74. The van der Waals surface area contributed by atoms with E-state index in [-0.39, 0.29) is 23.2 Å². The number of hydrogen-bond acceptors (Lipinski definition) is 5. The Hall–Kier alpha value is -2.85. The second-order valence-electron chi connectivity index (χ2n) is 7.79. The van der Waals surface area contributed by atoms with E-state index in [2.05, 4.69) is 15.4 Å². The Morgan fingerprint density at radius 3 is 2.53 bits per heavy atom. The van der Waals surface area contributed by atoms with E-state index in [1.807, 2.05) is 0 Å². The molecule has 1 aromatic carbocycles. The number of H-pyrrole nitrogens is 1. The Kier molecular flexibility index (Phi) is 4.86. The molecule has 2 aromatic heterocycles. The highest BCUT2D eigenvalue weighted by Gasteiger charge is 2.51. The predicted octanol–water partition coefficient (Wildman–Crippen LogP) is 3.29. The number of aliphatic hydroxyl groups is 1. The highest BCUT2D eigenvalue weighted by Crippen LogP contribution is 2.39. The van der Waals surface area contributed by atoms with E-state index >= 15 is 0 Å². The number of rotatable bonds is 4. The van der Waals surface area contributed by atoms with Gasteiger partial charge in [-0.05, 0) is 49.9 Å². The van der Waals surface area contributed by atoms with Gasteiger partial charge in [0.25, 0.3) is 5.56 Å². The number of hydrogen-bond donors (Lipinski definition) is 4. The molecule has 0 radical (unpaired) electrons. The van der Waals surface area contributed by atoms with Crippen molar-refractivity contribution >= 4 is 22.4 Å². The summed E-state index contributed by atoms with van der Waals surface area (Å²) in [7, 11) is 0. The Balaban J connectivity index is 1.70. The number of pyridine rings is 1. The average molecular weight is 421 g/mol. The van der Waals surface area contributed by atoms with Gasteiger partial charge in [0.15, 0.2) is 11.4 Å². The van der Waals surface area contributed by atoms with Crippen LogP contribution in [0.25, 0.3) is 10.9 Å². The van der Waals surface area contributed by atoms with Gasteiger partial charge in [0.1, 0.15) is 5.39 Å². The Bertz CT molecular complexity index is 1120. The highest BCUT2D eigenvalue weighted by atomic mass is 19.4. The number of benzene rings is 1. The number of nitrogens with one attached hydrogen (secondary N) is 2. The molecule has 0 amide bonds. The first-order valence-electron chi connectivity index (χ1n) is 9.62. The van der Waals surface area contributed by atoms with Crippen molar-refractivity contribution in [3.8, 4) is 0 Å². The number of aromatic amines is 1. The molecule has 160 valence electrons. The van der Waals surface area contributed by atoms with Crippen molar-refractivity contribution in [3.63, 3.8) is 0 Å². The van der Waals surface area contributed by atoms with Gasteiger partial charge in [0, 0.05) is 17.9 Å². The lowest BCUT2D eigenvalue weighted by Crippen LogP contribution is -2.39. The maximum Gasteiger partial charge on any atom is 0.421 e. The van der Waals surface area contributed by atoms with E-state index in [1.54, 1.807) is 16.9 Å². The monoisotopic (exact) mass is 421 g/mol. The molecule has 30 heavy (non-hydrogen) atoms. The zero-order valence-electron chi connectivity index (χ0n) is 16.2. The summed E-state index contributed by atoms with van der Waals surface area (Å²) in [5, 5.41) is 17.7. The first-order valence-corrected chi connectivity index (χ1v) is 9.62. The maximum atomic E-state index is 13.0. The smallest absolute Gasteiger partial charge is 0.376 e. The molecule has 1 aliphatic rings. The molecule has 4 rings (SSSR count). The van der Waals surface area contributed by atoms with Crippen LogP contribution in [0, 0.1) is 0 Å². The summed E-state index contributed by atoms with van der Waals surface area (Å²) in [5.74, 6) is 0.293. The normalized spacial score (nSPS) is 21.7. The van der Waals surface area contributed by atoms with Crippen LogP contribution < -0.4 is 16.6 Å². The quantitative estimate of drug-likeness (QED) is 0.517. The standard InChI is InChI=1S/C20H22F3N5O2/c1-19(30,20(21,22)23)11-5-7-12(8-6-11)26-17-16-15(9-10-25-18(16)29)28(27-17)14-4-2-3-13(14)24/h5-10,13-14,30H,2-4,24H2,1H3,(H,25,29)(H,26,27)/t13-,14-,19?/m0/s1. The molecule has 0 spiro atoms. The molecule has 0 aliphatic heterocycles. The summed E-state index contributed by atoms with van der Waals surface area (Å²) in [6.07, 6.45) is -0.560. The Labute approximate surface area is 169 Å². The Morgan fingerprint density at radius 1 is 1.23 bits per heavy atom. The fraction of sp³-hybridized carbons (Fsp3) is 0.400. The lowest BCUT2D eigenvalue weighted by Gasteiger charge is -2.26. The largest absolute Gasteiger partial charge is 0.421 e. The van der Waals surface area contributed by atoms with Crippen molar-refractivity contribution < 1.29 is 18.3 Å². The number of nitrogens with zero attached hydrogens (tertiary/aromatic N) is 2. The van der Waals surface area contributed by atoms with Gasteiger partial charge in [-0.25, -0.2) is 0 Å². The number of anilines is 2. The molecule has 2 heterocycles. The average Bonchev–Trinajstić information content (AvgIpc) is 3.25. The molecule has 0 saturated heterocycles. The zero-order valence-corrected chi connectivity index (χ0v) is 16.2. The molecule has 1 saturated carbocycles. The summed E-state index contributed by atoms with van der Waals surface area (Å²) < 4.78 is 40.9. The summed E-state index contributed by atoms with van der Waals surface area (Å²) in [6, 6.07) is 6.83.